The third-order valence-corrected chi connectivity index (χ3v) is 11.4. The smallest absolute Gasteiger partial charge is 0.0623 e. The van der Waals surface area contributed by atoms with Crippen LogP contribution in [0.5, 0.6) is 0 Å². The molecule has 2 heteroatoms. The third kappa shape index (κ3) is 3.86. The Labute approximate surface area is 192 Å². The maximum Gasteiger partial charge on any atom is 0.0623 e. The van der Waals surface area contributed by atoms with Crippen molar-refractivity contribution in [1.82, 2.24) is 0 Å². The predicted octanol–water partition coefficient (Wildman–Crippen LogP) is 6.85. The van der Waals surface area contributed by atoms with Gasteiger partial charge in [-0.1, -0.05) is 53.7 Å². The van der Waals surface area contributed by atoms with E-state index in [1.165, 1.54) is 44.9 Å². The first-order chi connectivity index (χ1) is 14.6. The molecule has 2 N–H and O–H groups in total. The van der Waals surface area contributed by atoms with Crippen LogP contribution < -0.4 is 0 Å². The average Bonchev–Trinajstić information content (AvgIpc) is 3.06. The second-order valence-corrected chi connectivity index (χ2v) is 12.9. The van der Waals surface area contributed by atoms with E-state index in [-0.39, 0.29) is 17.6 Å². The standard InChI is InChI=1S/C29H50O2/c1-7-20(18(2)3)9-8-19(4)24-12-13-25-23-11-10-21-16-22(30)17-27(31)29(21,6)26(23)14-15-28(24,25)5/h8-9,18-27,30-31H,7,10-17H2,1-6H3/b9-8+/t19-,20+,21?,22-,23?,24-,25+,26+,27+,28-,29+/m1/s1. The highest BCUT2D eigenvalue weighted by atomic mass is 16.3. The molecular weight excluding hydrogens is 380 g/mol. The highest BCUT2D eigenvalue weighted by molar-refractivity contribution is 5.12. The molecule has 0 amide bonds. The zero-order valence-corrected chi connectivity index (χ0v) is 21.2. The number of aliphatic hydroxyl groups excluding tert-OH is 2. The number of hydrogen-bond acceptors (Lipinski definition) is 2. The van der Waals surface area contributed by atoms with Crippen molar-refractivity contribution in [2.75, 3.05) is 0 Å². The summed E-state index contributed by atoms with van der Waals surface area (Å²) >= 11 is 0. The maximum atomic E-state index is 11.1. The van der Waals surface area contributed by atoms with Crippen molar-refractivity contribution in [3.63, 3.8) is 0 Å². The summed E-state index contributed by atoms with van der Waals surface area (Å²) in [5, 5.41) is 21.4. The van der Waals surface area contributed by atoms with Crippen LogP contribution in [0.3, 0.4) is 0 Å². The van der Waals surface area contributed by atoms with Crippen molar-refractivity contribution >= 4 is 0 Å². The Hall–Kier alpha value is -0.340. The molecule has 0 radical (unpaired) electrons. The predicted molar refractivity (Wildman–Crippen MR) is 130 cm³/mol. The van der Waals surface area contributed by atoms with Gasteiger partial charge >= 0.3 is 0 Å². The van der Waals surface area contributed by atoms with Gasteiger partial charge in [0, 0.05) is 0 Å². The largest absolute Gasteiger partial charge is 0.393 e. The molecule has 4 aliphatic carbocycles. The van der Waals surface area contributed by atoms with Crippen LogP contribution in [0.15, 0.2) is 12.2 Å². The zero-order chi connectivity index (χ0) is 22.6. The molecule has 11 atom stereocenters. The van der Waals surface area contributed by atoms with E-state index in [2.05, 4.69) is 53.7 Å². The molecule has 31 heavy (non-hydrogen) atoms. The summed E-state index contributed by atoms with van der Waals surface area (Å²) in [5.41, 5.74) is 0.492. The summed E-state index contributed by atoms with van der Waals surface area (Å²) < 4.78 is 0. The van der Waals surface area contributed by atoms with Gasteiger partial charge in [-0.2, -0.15) is 0 Å². The fraction of sp³-hybridized carbons (Fsp3) is 0.931. The van der Waals surface area contributed by atoms with E-state index < -0.39 is 0 Å². The normalized spacial score (nSPS) is 49.5. The van der Waals surface area contributed by atoms with E-state index >= 15 is 0 Å². The van der Waals surface area contributed by atoms with Gasteiger partial charge in [0.05, 0.1) is 12.2 Å². The van der Waals surface area contributed by atoms with Crippen molar-refractivity contribution in [1.29, 1.82) is 0 Å². The fourth-order valence-electron chi connectivity index (χ4n) is 9.48. The summed E-state index contributed by atoms with van der Waals surface area (Å²) in [6.07, 6.45) is 15.2. The van der Waals surface area contributed by atoms with E-state index in [9.17, 15) is 10.2 Å². The molecule has 0 aliphatic heterocycles. The molecule has 4 rings (SSSR count). The first-order valence-corrected chi connectivity index (χ1v) is 13.7. The summed E-state index contributed by atoms with van der Waals surface area (Å²) in [5.74, 6) is 5.69. The summed E-state index contributed by atoms with van der Waals surface area (Å²) in [6, 6.07) is 0. The molecule has 4 fully saturated rings. The second kappa shape index (κ2) is 8.79. The minimum Gasteiger partial charge on any atom is -0.393 e. The molecule has 0 aromatic rings. The van der Waals surface area contributed by atoms with Gasteiger partial charge in [0.15, 0.2) is 0 Å². The Morgan fingerprint density at radius 3 is 2.32 bits per heavy atom. The first-order valence-electron chi connectivity index (χ1n) is 13.7. The van der Waals surface area contributed by atoms with E-state index in [1.807, 2.05) is 0 Å². The topological polar surface area (TPSA) is 40.5 Å². The summed E-state index contributed by atoms with van der Waals surface area (Å²) in [7, 11) is 0. The summed E-state index contributed by atoms with van der Waals surface area (Å²) in [6.45, 7) is 14.5. The Morgan fingerprint density at radius 2 is 1.65 bits per heavy atom. The molecule has 2 unspecified atom stereocenters. The van der Waals surface area contributed by atoms with Crippen LogP contribution in [0.1, 0.15) is 99.3 Å². The van der Waals surface area contributed by atoms with Gasteiger partial charge in [0.25, 0.3) is 0 Å². The molecule has 0 spiro atoms. The lowest BCUT2D eigenvalue weighted by Crippen LogP contribution is -2.59. The number of allylic oxidation sites excluding steroid dienone is 2. The second-order valence-electron chi connectivity index (χ2n) is 12.9. The average molecular weight is 431 g/mol. The van der Waals surface area contributed by atoms with Crippen molar-refractivity contribution in [3.8, 4) is 0 Å². The number of fused-ring (bicyclic) bond motifs is 5. The minimum atomic E-state index is -0.320. The van der Waals surface area contributed by atoms with Crippen LogP contribution in [0.25, 0.3) is 0 Å². The lowest BCUT2D eigenvalue weighted by Gasteiger charge is -2.62. The van der Waals surface area contributed by atoms with E-state index in [0.29, 0.717) is 35.5 Å². The monoisotopic (exact) mass is 430 g/mol. The van der Waals surface area contributed by atoms with Crippen LogP contribution in [0, 0.1) is 58.2 Å². The third-order valence-electron chi connectivity index (χ3n) is 11.4. The molecule has 0 heterocycles. The Morgan fingerprint density at radius 1 is 0.903 bits per heavy atom. The fourth-order valence-corrected chi connectivity index (χ4v) is 9.48. The quantitative estimate of drug-likeness (QED) is 0.468. The van der Waals surface area contributed by atoms with Gasteiger partial charge in [-0.25, -0.2) is 0 Å². The van der Waals surface area contributed by atoms with Gasteiger partial charge in [0.2, 0.25) is 0 Å². The molecule has 0 aromatic heterocycles. The van der Waals surface area contributed by atoms with Crippen molar-refractivity contribution < 1.29 is 10.2 Å². The molecule has 0 aromatic carbocycles. The number of aliphatic hydroxyl groups is 2. The minimum absolute atomic E-state index is 0.0265. The van der Waals surface area contributed by atoms with Gasteiger partial charge in [-0.15, -0.1) is 0 Å². The van der Waals surface area contributed by atoms with E-state index in [4.69, 9.17) is 0 Å². The highest BCUT2D eigenvalue weighted by Crippen LogP contribution is 2.68. The van der Waals surface area contributed by atoms with Crippen molar-refractivity contribution in [2.45, 2.75) is 112 Å². The van der Waals surface area contributed by atoms with Crippen LogP contribution in [-0.2, 0) is 0 Å². The number of rotatable bonds is 5. The zero-order valence-electron chi connectivity index (χ0n) is 21.2. The van der Waals surface area contributed by atoms with Crippen LogP contribution in [0.4, 0.5) is 0 Å². The van der Waals surface area contributed by atoms with Crippen LogP contribution in [0.2, 0.25) is 0 Å². The molecule has 0 bridgehead atoms. The van der Waals surface area contributed by atoms with Gasteiger partial charge in [-0.3, -0.25) is 0 Å². The number of hydrogen-bond donors (Lipinski definition) is 2. The SMILES string of the molecule is CC[C@@H](/C=C/[C@@H](C)[C@H]1CC[C@H]2C3CCC4C[C@@H](O)C[C@H](O)[C@]4(C)[C@H]3CC[C@]12C)C(C)C. The van der Waals surface area contributed by atoms with Crippen LogP contribution in [-0.4, -0.2) is 22.4 Å². The van der Waals surface area contributed by atoms with Crippen molar-refractivity contribution in [2.24, 2.45) is 58.2 Å². The Kier molecular flexibility index (Phi) is 6.75. The highest BCUT2D eigenvalue weighted by Gasteiger charge is 2.62. The lowest BCUT2D eigenvalue weighted by atomic mass is 9.43. The molecule has 178 valence electrons. The molecule has 0 saturated heterocycles. The first kappa shape index (κ1) is 23.8. The van der Waals surface area contributed by atoms with Gasteiger partial charge in [0.1, 0.15) is 0 Å². The maximum absolute atomic E-state index is 11.1. The van der Waals surface area contributed by atoms with Gasteiger partial charge < -0.3 is 10.2 Å². The van der Waals surface area contributed by atoms with E-state index in [1.54, 1.807) is 0 Å². The summed E-state index contributed by atoms with van der Waals surface area (Å²) in [4.78, 5) is 0. The lowest BCUT2D eigenvalue weighted by molar-refractivity contribution is -0.181. The molecule has 4 saturated carbocycles. The molecule has 4 aliphatic rings. The van der Waals surface area contributed by atoms with E-state index in [0.717, 1.165) is 30.1 Å². The van der Waals surface area contributed by atoms with Gasteiger partial charge in [-0.05, 0) is 116 Å². The van der Waals surface area contributed by atoms with Crippen LogP contribution >= 0.6 is 0 Å². The Bertz CT molecular complexity index is 655. The Balaban J connectivity index is 1.52. The molecule has 2 nitrogen and oxygen atoms in total. The van der Waals surface area contributed by atoms with Crippen molar-refractivity contribution in [3.05, 3.63) is 12.2 Å². The molecular formula is C29H50O2.